The van der Waals surface area contributed by atoms with Gasteiger partial charge in [-0.2, -0.15) is 5.26 Å². The van der Waals surface area contributed by atoms with E-state index in [2.05, 4.69) is 16.4 Å². The van der Waals surface area contributed by atoms with Crippen molar-refractivity contribution in [3.8, 4) is 11.8 Å². The predicted molar refractivity (Wildman–Crippen MR) is 107 cm³/mol. The number of rotatable bonds is 3. The largest absolute Gasteiger partial charge is 0.424 e. The van der Waals surface area contributed by atoms with E-state index in [1.165, 1.54) is 4.57 Å². The number of pyridine rings is 1. The first-order valence-corrected chi connectivity index (χ1v) is 9.06. The molecule has 1 amide bonds. The van der Waals surface area contributed by atoms with Gasteiger partial charge in [-0.15, -0.1) is 0 Å². The van der Waals surface area contributed by atoms with Crippen molar-refractivity contribution in [2.45, 2.75) is 6.42 Å². The first kappa shape index (κ1) is 17.0. The minimum absolute atomic E-state index is 0.218. The van der Waals surface area contributed by atoms with Crippen LogP contribution in [0.2, 0.25) is 0 Å². The van der Waals surface area contributed by atoms with Crippen molar-refractivity contribution in [1.29, 1.82) is 5.26 Å². The van der Waals surface area contributed by atoms with Gasteiger partial charge in [-0.05, 0) is 42.1 Å². The summed E-state index contributed by atoms with van der Waals surface area (Å²) < 4.78 is 6.76. The smallest absolute Gasteiger partial charge is 0.407 e. The van der Waals surface area contributed by atoms with E-state index in [0.717, 1.165) is 5.39 Å². The van der Waals surface area contributed by atoms with Gasteiger partial charge >= 0.3 is 5.76 Å². The van der Waals surface area contributed by atoms with Crippen molar-refractivity contribution < 1.29 is 9.21 Å². The molecule has 2 aromatic heterocycles. The van der Waals surface area contributed by atoms with Crippen molar-refractivity contribution in [3.05, 3.63) is 59.2 Å². The summed E-state index contributed by atoms with van der Waals surface area (Å²) in [5.41, 5.74) is 8.32. The molecule has 2 atom stereocenters. The van der Waals surface area contributed by atoms with Crippen LogP contribution in [0.4, 0.5) is 11.5 Å². The number of nitriles is 1. The zero-order valence-corrected chi connectivity index (χ0v) is 15.1. The second-order valence-electron chi connectivity index (χ2n) is 7.06. The fourth-order valence-corrected chi connectivity index (χ4v) is 3.52. The molecule has 0 bridgehead atoms. The maximum Gasteiger partial charge on any atom is 0.424 e. The van der Waals surface area contributed by atoms with Crippen LogP contribution in [-0.2, 0) is 4.79 Å². The van der Waals surface area contributed by atoms with Crippen LogP contribution in [0.3, 0.4) is 0 Å². The number of hydrogen-bond acceptors (Lipinski definition) is 6. The molecule has 3 N–H and O–H groups in total. The Kier molecular flexibility index (Phi) is 3.64. The summed E-state index contributed by atoms with van der Waals surface area (Å²) >= 11 is 0. The van der Waals surface area contributed by atoms with E-state index in [1.54, 1.807) is 42.6 Å². The van der Waals surface area contributed by atoms with E-state index < -0.39 is 5.76 Å². The average molecular weight is 385 g/mol. The van der Waals surface area contributed by atoms with Crippen LogP contribution in [0.15, 0.2) is 57.9 Å². The number of fused-ring (bicyclic) bond motifs is 2. The SMILES string of the molecule is N#CC1C[C@H]1C(=O)Nc1cc2cc(-n3c(=O)oc4ccccc43)cc(N)c2cn1. The Hall–Kier alpha value is -4.12. The number of amides is 1. The highest BCUT2D eigenvalue weighted by Crippen LogP contribution is 2.38. The van der Waals surface area contributed by atoms with Crippen molar-refractivity contribution >= 4 is 39.3 Å². The number of carbonyl (C=O) groups excluding carboxylic acids is 1. The van der Waals surface area contributed by atoms with E-state index in [9.17, 15) is 9.59 Å². The lowest BCUT2D eigenvalue weighted by Crippen LogP contribution is -2.15. The lowest BCUT2D eigenvalue weighted by Gasteiger charge is -2.10. The van der Waals surface area contributed by atoms with Gasteiger partial charge in [-0.25, -0.2) is 14.3 Å². The minimum atomic E-state index is -0.510. The Balaban J connectivity index is 1.58. The van der Waals surface area contributed by atoms with E-state index >= 15 is 0 Å². The molecule has 5 rings (SSSR count). The van der Waals surface area contributed by atoms with Crippen LogP contribution in [0.1, 0.15) is 6.42 Å². The Morgan fingerprint density at radius 3 is 2.93 bits per heavy atom. The maximum absolute atomic E-state index is 12.4. The number of nitrogens with one attached hydrogen (secondary N) is 1. The number of aromatic nitrogens is 2. The van der Waals surface area contributed by atoms with Crippen LogP contribution in [-0.4, -0.2) is 15.5 Å². The summed E-state index contributed by atoms with van der Waals surface area (Å²) in [7, 11) is 0. The number of nitrogens with two attached hydrogens (primary N) is 1. The van der Waals surface area contributed by atoms with Crippen LogP contribution in [0, 0.1) is 23.2 Å². The second kappa shape index (κ2) is 6.21. The average Bonchev–Trinajstić information content (AvgIpc) is 3.42. The van der Waals surface area contributed by atoms with Gasteiger partial charge in [-0.1, -0.05) is 12.1 Å². The molecule has 0 radical (unpaired) electrons. The molecule has 8 nitrogen and oxygen atoms in total. The third-order valence-corrected chi connectivity index (χ3v) is 5.14. The van der Waals surface area contributed by atoms with E-state index in [1.807, 2.05) is 6.07 Å². The van der Waals surface area contributed by atoms with Crippen molar-refractivity contribution in [1.82, 2.24) is 9.55 Å². The highest BCUT2D eigenvalue weighted by Gasteiger charge is 2.43. The van der Waals surface area contributed by atoms with Crippen molar-refractivity contribution in [3.63, 3.8) is 0 Å². The monoisotopic (exact) mass is 385 g/mol. The Labute approximate surface area is 164 Å². The number of nitrogen functional groups attached to an aromatic ring is 1. The molecule has 0 aliphatic heterocycles. The lowest BCUT2D eigenvalue weighted by molar-refractivity contribution is -0.117. The fraction of sp³-hybridized carbons (Fsp3) is 0.143. The van der Waals surface area contributed by atoms with Crippen molar-refractivity contribution in [2.75, 3.05) is 11.1 Å². The van der Waals surface area contributed by atoms with Gasteiger partial charge in [0.25, 0.3) is 0 Å². The molecule has 1 saturated carbocycles. The molecule has 1 aliphatic rings. The normalized spacial score (nSPS) is 17.9. The third kappa shape index (κ3) is 2.80. The van der Waals surface area contributed by atoms with E-state index in [4.69, 9.17) is 15.4 Å². The topological polar surface area (TPSA) is 127 Å². The van der Waals surface area contributed by atoms with Crippen LogP contribution < -0.4 is 16.8 Å². The zero-order chi connectivity index (χ0) is 20.1. The quantitative estimate of drug-likeness (QED) is 0.522. The summed E-state index contributed by atoms with van der Waals surface area (Å²) in [5, 5.41) is 13.1. The minimum Gasteiger partial charge on any atom is -0.407 e. The zero-order valence-electron chi connectivity index (χ0n) is 15.1. The number of nitrogens with zero attached hydrogens (tertiary/aromatic N) is 3. The summed E-state index contributed by atoms with van der Waals surface area (Å²) in [5.74, 6) is -0.871. The molecule has 1 fully saturated rings. The first-order valence-electron chi connectivity index (χ1n) is 9.06. The summed E-state index contributed by atoms with van der Waals surface area (Å²) in [6.07, 6.45) is 2.15. The first-order chi connectivity index (χ1) is 14.0. The molecular weight excluding hydrogens is 370 g/mol. The van der Waals surface area contributed by atoms with Gasteiger partial charge in [0.1, 0.15) is 5.82 Å². The van der Waals surface area contributed by atoms with Gasteiger partial charge in [0, 0.05) is 17.3 Å². The Morgan fingerprint density at radius 1 is 1.31 bits per heavy atom. The summed E-state index contributed by atoms with van der Waals surface area (Å²) in [6, 6.07) is 14.4. The molecule has 0 spiro atoms. The maximum atomic E-state index is 12.4. The van der Waals surface area contributed by atoms with Crippen LogP contribution in [0.25, 0.3) is 27.6 Å². The molecule has 2 heterocycles. The number of anilines is 2. The third-order valence-electron chi connectivity index (χ3n) is 5.14. The Bertz CT molecular complexity index is 1400. The Morgan fingerprint density at radius 2 is 2.14 bits per heavy atom. The van der Waals surface area contributed by atoms with Gasteiger partial charge in [0.15, 0.2) is 5.58 Å². The number of para-hydroxylation sites is 2. The molecule has 142 valence electrons. The molecule has 0 saturated heterocycles. The molecule has 4 aromatic rings. The van der Waals surface area contributed by atoms with E-state index in [0.29, 0.717) is 40.1 Å². The van der Waals surface area contributed by atoms with E-state index in [-0.39, 0.29) is 17.7 Å². The van der Waals surface area contributed by atoms with Gasteiger partial charge < -0.3 is 15.5 Å². The summed E-state index contributed by atoms with van der Waals surface area (Å²) in [4.78, 5) is 28.9. The van der Waals surface area contributed by atoms with Gasteiger partial charge in [0.2, 0.25) is 5.91 Å². The summed E-state index contributed by atoms with van der Waals surface area (Å²) in [6.45, 7) is 0. The molecule has 1 unspecified atom stereocenters. The number of oxazole rings is 1. The highest BCUT2D eigenvalue weighted by molar-refractivity contribution is 5.99. The molecule has 29 heavy (non-hydrogen) atoms. The standard InChI is InChI=1S/C21H15N5O3/c22-9-12-6-14(12)20(27)25-19-7-11-5-13(8-16(23)15(11)10-24-19)26-17-3-1-2-4-18(17)29-21(26)28/h1-5,7-8,10,12,14H,6,23H2,(H,24,25,27)/t12?,14-/m1/s1. The molecule has 8 heteroatoms. The fourth-order valence-electron chi connectivity index (χ4n) is 3.52. The number of benzene rings is 2. The van der Waals surface area contributed by atoms with Crippen LogP contribution in [0.5, 0.6) is 0 Å². The number of carbonyl (C=O) groups is 1. The van der Waals surface area contributed by atoms with Gasteiger partial charge in [0.05, 0.1) is 29.1 Å². The number of hydrogen-bond donors (Lipinski definition) is 2. The molecular formula is C21H15N5O3. The second-order valence-corrected chi connectivity index (χ2v) is 7.06. The molecule has 2 aromatic carbocycles. The predicted octanol–water partition coefficient (Wildman–Crippen LogP) is 2.81. The van der Waals surface area contributed by atoms with Gasteiger partial charge in [-0.3, -0.25) is 4.79 Å². The highest BCUT2D eigenvalue weighted by atomic mass is 16.4. The lowest BCUT2D eigenvalue weighted by atomic mass is 10.1. The molecule has 1 aliphatic carbocycles. The van der Waals surface area contributed by atoms with Crippen molar-refractivity contribution in [2.24, 2.45) is 11.8 Å². The van der Waals surface area contributed by atoms with Crippen LogP contribution >= 0.6 is 0 Å².